The van der Waals surface area contributed by atoms with E-state index in [4.69, 9.17) is 18.9 Å². The summed E-state index contributed by atoms with van der Waals surface area (Å²) in [6, 6.07) is 0. The van der Waals surface area contributed by atoms with E-state index in [0.29, 0.717) is 59.3 Å². The Kier molecular flexibility index (Phi) is 15.3. The van der Waals surface area contributed by atoms with Gasteiger partial charge in [0.05, 0.1) is 39.6 Å². The SMILES string of the molecule is CCOCCOCCNC(=O)COCCOCCNC(C)=O. The molecule has 8 nitrogen and oxygen atoms in total. The molecule has 0 heterocycles. The van der Waals surface area contributed by atoms with Gasteiger partial charge in [-0.3, -0.25) is 9.59 Å². The largest absolute Gasteiger partial charge is 0.379 e. The highest BCUT2D eigenvalue weighted by molar-refractivity contribution is 5.77. The first kappa shape index (κ1) is 20.8. The van der Waals surface area contributed by atoms with Gasteiger partial charge < -0.3 is 29.6 Å². The molecule has 22 heavy (non-hydrogen) atoms. The molecule has 2 N–H and O–H groups in total. The van der Waals surface area contributed by atoms with Crippen molar-refractivity contribution in [2.24, 2.45) is 0 Å². The highest BCUT2D eigenvalue weighted by Crippen LogP contribution is 1.81. The molecule has 0 aliphatic carbocycles. The molecule has 0 radical (unpaired) electrons. The lowest BCUT2D eigenvalue weighted by atomic mass is 10.5. The van der Waals surface area contributed by atoms with E-state index < -0.39 is 0 Å². The van der Waals surface area contributed by atoms with Crippen molar-refractivity contribution < 1.29 is 28.5 Å². The van der Waals surface area contributed by atoms with Crippen molar-refractivity contribution in [2.75, 3.05) is 65.9 Å². The molecule has 0 aliphatic heterocycles. The predicted molar refractivity (Wildman–Crippen MR) is 80.6 cm³/mol. The van der Waals surface area contributed by atoms with E-state index in [1.807, 2.05) is 6.92 Å². The molecular weight excluding hydrogens is 292 g/mol. The van der Waals surface area contributed by atoms with Crippen LogP contribution in [0.4, 0.5) is 0 Å². The van der Waals surface area contributed by atoms with Crippen molar-refractivity contribution in [3.63, 3.8) is 0 Å². The Labute approximate surface area is 131 Å². The number of carbonyl (C=O) groups excluding carboxylic acids is 2. The van der Waals surface area contributed by atoms with Crippen molar-refractivity contribution in [2.45, 2.75) is 13.8 Å². The maximum Gasteiger partial charge on any atom is 0.246 e. The molecule has 0 unspecified atom stereocenters. The molecule has 0 aliphatic rings. The van der Waals surface area contributed by atoms with Crippen molar-refractivity contribution in [3.8, 4) is 0 Å². The summed E-state index contributed by atoms with van der Waals surface area (Å²) >= 11 is 0. The monoisotopic (exact) mass is 320 g/mol. The van der Waals surface area contributed by atoms with Crippen LogP contribution >= 0.6 is 0 Å². The molecule has 2 amide bonds. The van der Waals surface area contributed by atoms with E-state index in [0.717, 1.165) is 0 Å². The van der Waals surface area contributed by atoms with Crippen LogP contribution in [-0.2, 0) is 28.5 Å². The first-order valence-electron chi connectivity index (χ1n) is 7.49. The molecule has 0 bridgehead atoms. The number of amides is 2. The number of nitrogens with one attached hydrogen (secondary N) is 2. The summed E-state index contributed by atoms with van der Waals surface area (Å²) < 4.78 is 20.7. The molecule has 0 rings (SSSR count). The Bertz CT molecular complexity index is 289. The standard InChI is InChI=1S/C14H28N2O6/c1-3-19-8-9-21-7-5-16-14(18)12-22-11-10-20-6-4-15-13(2)17/h3-12H2,1-2H3,(H,15,17)(H,16,18). The van der Waals surface area contributed by atoms with E-state index in [-0.39, 0.29) is 18.4 Å². The lowest BCUT2D eigenvalue weighted by Gasteiger charge is -2.08. The zero-order valence-corrected chi connectivity index (χ0v) is 13.5. The molecule has 0 atom stereocenters. The van der Waals surface area contributed by atoms with Crippen LogP contribution in [0.25, 0.3) is 0 Å². The smallest absolute Gasteiger partial charge is 0.246 e. The van der Waals surface area contributed by atoms with Crippen LogP contribution in [0.15, 0.2) is 0 Å². The molecule has 0 fully saturated rings. The van der Waals surface area contributed by atoms with Crippen LogP contribution in [0.3, 0.4) is 0 Å². The quantitative estimate of drug-likeness (QED) is 0.388. The highest BCUT2D eigenvalue weighted by atomic mass is 16.5. The minimum atomic E-state index is -0.188. The van der Waals surface area contributed by atoms with Gasteiger partial charge in [0.1, 0.15) is 6.61 Å². The summed E-state index contributed by atoms with van der Waals surface area (Å²) in [5.74, 6) is -0.273. The van der Waals surface area contributed by atoms with Gasteiger partial charge in [0, 0.05) is 26.6 Å². The van der Waals surface area contributed by atoms with E-state index in [1.54, 1.807) is 0 Å². The minimum absolute atomic E-state index is 0.00595. The molecule has 0 aromatic heterocycles. The second-order valence-electron chi connectivity index (χ2n) is 4.31. The first-order valence-corrected chi connectivity index (χ1v) is 7.49. The topological polar surface area (TPSA) is 95.1 Å². The maximum atomic E-state index is 11.4. The number of hydrogen-bond acceptors (Lipinski definition) is 6. The molecule has 0 saturated heterocycles. The predicted octanol–water partition coefficient (Wildman–Crippen LogP) is -0.675. The summed E-state index contributed by atoms with van der Waals surface area (Å²) in [4.78, 5) is 22.0. The second kappa shape index (κ2) is 16.2. The third kappa shape index (κ3) is 16.8. The normalized spacial score (nSPS) is 10.5. The van der Waals surface area contributed by atoms with Crippen LogP contribution in [0.2, 0.25) is 0 Å². The van der Waals surface area contributed by atoms with Crippen molar-refractivity contribution in [1.29, 1.82) is 0 Å². The van der Waals surface area contributed by atoms with E-state index in [1.165, 1.54) is 6.92 Å². The van der Waals surface area contributed by atoms with E-state index in [2.05, 4.69) is 10.6 Å². The molecule has 0 spiro atoms. The van der Waals surface area contributed by atoms with Gasteiger partial charge in [0.15, 0.2) is 0 Å². The second-order valence-corrected chi connectivity index (χ2v) is 4.31. The fourth-order valence-electron chi connectivity index (χ4n) is 1.36. The van der Waals surface area contributed by atoms with Crippen LogP contribution in [0.5, 0.6) is 0 Å². The van der Waals surface area contributed by atoms with Crippen molar-refractivity contribution in [1.82, 2.24) is 10.6 Å². The highest BCUT2D eigenvalue weighted by Gasteiger charge is 2.00. The van der Waals surface area contributed by atoms with Gasteiger partial charge in [-0.15, -0.1) is 0 Å². The Morgan fingerprint density at radius 2 is 1.32 bits per heavy atom. The Morgan fingerprint density at radius 1 is 0.773 bits per heavy atom. The lowest BCUT2D eigenvalue weighted by molar-refractivity contribution is -0.126. The maximum absolute atomic E-state index is 11.4. The molecule has 0 aromatic carbocycles. The van der Waals surface area contributed by atoms with Crippen LogP contribution < -0.4 is 10.6 Å². The van der Waals surface area contributed by atoms with Crippen LogP contribution in [-0.4, -0.2) is 77.8 Å². The Hall–Kier alpha value is -1.22. The third-order valence-corrected chi connectivity index (χ3v) is 2.37. The number of ether oxygens (including phenoxy) is 4. The van der Waals surface area contributed by atoms with Gasteiger partial charge in [0.25, 0.3) is 0 Å². The molecule has 8 heteroatoms. The fraction of sp³-hybridized carbons (Fsp3) is 0.857. The van der Waals surface area contributed by atoms with Gasteiger partial charge in [0.2, 0.25) is 11.8 Å². The summed E-state index contributed by atoms with van der Waals surface area (Å²) in [5.41, 5.74) is 0. The third-order valence-electron chi connectivity index (χ3n) is 2.37. The summed E-state index contributed by atoms with van der Waals surface area (Å²) in [5, 5.41) is 5.29. The minimum Gasteiger partial charge on any atom is -0.379 e. The average Bonchev–Trinajstić information content (AvgIpc) is 2.48. The Balaban J connectivity index is 3.17. The first-order chi connectivity index (χ1) is 10.7. The van der Waals surface area contributed by atoms with E-state index >= 15 is 0 Å². The fourth-order valence-corrected chi connectivity index (χ4v) is 1.36. The lowest BCUT2D eigenvalue weighted by Crippen LogP contribution is -2.31. The molecule has 0 aromatic rings. The van der Waals surface area contributed by atoms with Crippen molar-refractivity contribution >= 4 is 11.8 Å². The van der Waals surface area contributed by atoms with Gasteiger partial charge in [-0.05, 0) is 6.92 Å². The van der Waals surface area contributed by atoms with Gasteiger partial charge >= 0.3 is 0 Å². The summed E-state index contributed by atoms with van der Waals surface area (Å²) in [6.45, 7) is 7.64. The molecular formula is C14H28N2O6. The van der Waals surface area contributed by atoms with Crippen LogP contribution in [0.1, 0.15) is 13.8 Å². The number of hydrogen-bond donors (Lipinski definition) is 2. The zero-order chi connectivity index (χ0) is 16.5. The van der Waals surface area contributed by atoms with Gasteiger partial charge in [-0.2, -0.15) is 0 Å². The average molecular weight is 320 g/mol. The van der Waals surface area contributed by atoms with Crippen molar-refractivity contribution in [3.05, 3.63) is 0 Å². The molecule has 130 valence electrons. The zero-order valence-electron chi connectivity index (χ0n) is 13.5. The summed E-state index contributed by atoms with van der Waals surface area (Å²) in [6.07, 6.45) is 0. The Morgan fingerprint density at radius 3 is 1.91 bits per heavy atom. The van der Waals surface area contributed by atoms with Gasteiger partial charge in [-0.1, -0.05) is 0 Å². The summed E-state index contributed by atoms with van der Waals surface area (Å²) in [7, 11) is 0. The number of carbonyl (C=O) groups is 2. The molecule has 0 saturated carbocycles. The van der Waals surface area contributed by atoms with E-state index in [9.17, 15) is 9.59 Å². The van der Waals surface area contributed by atoms with Gasteiger partial charge in [-0.25, -0.2) is 0 Å². The number of rotatable bonds is 15. The van der Waals surface area contributed by atoms with Crippen LogP contribution in [0, 0.1) is 0 Å².